The molecule has 0 unspecified atom stereocenters. The van der Waals surface area contributed by atoms with Gasteiger partial charge in [-0.05, 0) is 64.3 Å². The number of anilines is 1. The van der Waals surface area contributed by atoms with Gasteiger partial charge in [0.25, 0.3) is 5.91 Å². The monoisotopic (exact) mass is 525 g/mol. The molecule has 0 aliphatic heterocycles. The van der Waals surface area contributed by atoms with Crippen molar-refractivity contribution in [1.29, 1.82) is 0 Å². The average molecular weight is 526 g/mol. The summed E-state index contributed by atoms with van der Waals surface area (Å²) in [6, 6.07) is 14.6. The normalized spacial score (nSPS) is 12.1. The van der Waals surface area contributed by atoms with Crippen molar-refractivity contribution in [3.63, 3.8) is 0 Å². The van der Waals surface area contributed by atoms with Gasteiger partial charge in [0.15, 0.2) is 0 Å². The van der Waals surface area contributed by atoms with Crippen LogP contribution in [0, 0.1) is 3.57 Å². The topological polar surface area (TPSA) is 20.3 Å². The second kappa shape index (κ2) is 8.67. The summed E-state index contributed by atoms with van der Waals surface area (Å²) in [6.45, 7) is 6.34. The van der Waals surface area contributed by atoms with Crippen molar-refractivity contribution in [3.8, 4) is 0 Å². The third kappa shape index (κ3) is 5.50. The number of carbonyl (C=O) groups excluding carboxylic acids is 1. The van der Waals surface area contributed by atoms with E-state index in [2.05, 4.69) is 43.4 Å². The summed E-state index contributed by atoms with van der Waals surface area (Å²) in [5, 5.41) is 0. The first kappa shape index (κ1) is 21.8. The Balaban J connectivity index is 2.51. The van der Waals surface area contributed by atoms with Gasteiger partial charge in [0.2, 0.25) is 0 Å². The molecule has 2 nitrogen and oxygen atoms in total. The van der Waals surface area contributed by atoms with E-state index in [-0.39, 0.29) is 11.3 Å². The van der Waals surface area contributed by atoms with Crippen LogP contribution in [0.3, 0.4) is 0 Å². The van der Waals surface area contributed by atoms with Crippen LogP contribution in [0.5, 0.6) is 0 Å². The molecule has 0 atom stereocenters. The Morgan fingerprint density at radius 1 is 1.19 bits per heavy atom. The quantitative estimate of drug-likeness (QED) is 0.223. The maximum Gasteiger partial charge on any atom is 0.324 e. The van der Waals surface area contributed by atoms with E-state index in [0.29, 0.717) is 23.2 Å². The molecule has 0 aromatic heterocycles. The summed E-state index contributed by atoms with van der Waals surface area (Å²) in [6.07, 6.45) is 0.923. The van der Waals surface area contributed by atoms with Crippen LogP contribution in [0.15, 0.2) is 48.5 Å². The number of alkyl halides is 3. The Hall–Kier alpha value is -0.500. The molecule has 0 radical (unpaired) electrons. The molecule has 0 heterocycles. The lowest BCUT2D eigenvalue weighted by Crippen LogP contribution is -2.28. The third-order valence-corrected chi connectivity index (χ3v) is 6.35. The first-order valence-electron chi connectivity index (χ1n) is 8.00. The number of carbonyl (C=O) groups is 1. The van der Waals surface area contributed by atoms with Gasteiger partial charge in [0.1, 0.15) is 0 Å². The molecule has 26 heavy (non-hydrogen) atoms. The number of halogens is 4. The first-order chi connectivity index (χ1) is 12.0. The van der Waals surface area contributed by atoms with Gasteiger partial charge in [0, 0.05) is 15.5 Å². The highest BCUT2D eigenvalue weighted by atomic mass is 127. The Kier molecular flexibility index (Phi) is 7.27. The van der Waals surface area contributed by atoms with Crippen molar-refractivity contribution in [2.45, 2.75) is 36.5 Å². The minimum absolute atomic E-state index is 0.0781. The molecule has 0 aliphatic carbocycles. The van der Waals surface area contributed by atoms with Crippen molar-refractivity contribution < 1.29 is 9.18 Å². The van der Waals surface area contributed by atoms with Crippen molar-refractivity contribution >= 4 is 69.3 Å². The number of benzene rings is 2. The molecule has 7 heteroatoms. The largest absolute Gasteiger partial charge is 0.324 e. The molecule has 0 saturated heterocycles. The Morgan fingerprint density at radius 2 is 1.85 bits per heavy atom. The van der Waals surface area contributed by atoms with E-state index in [4.69, 9.17) is 23.2 Å². The van der Waals surface area contributed by atoms with Gasteiger partial charge in [-0.3, -0.25) is 4.79 Å². The second-order valence-corrected chi connectivity index (χ2v) is 10.4. The van der Waals surface area contributed by atoms with Crippen molar-refractivity contribution in [1.82, 2.24) is 0 Å². The zero-order valence-corrected chi connectivity index (χ0v) is 19.1. The predicted octanol–water partition coefficient (Wildman–Crippen LogP) is 7.33. The summed E-state index contributed by atoms with van der Waals surface area (Å²) in [5.74, 6) is -0.380. The van der Waals surface area contributed by atoms with Crippen molar-refractivity contribution in [3.05, 3.63) is 63.2 Å². The van der Waals surface area contributed by atoms with E-state index in [1.807, 2.05) is 30.3 Å². The van der Waals surface area contributed by atoms with Crippen LogP contribution in [0.1, 0.15) is 43.1 Å². The van der Waals surface area contributed by atoms with Gasteiger partial charge in [-0.25, -0.2) is 4.31 Å². The van der Waals surface area contributed by atoms with Gasteiger partial charge in [-0.15, -0.1) is 0 Å². The highest BCUT2D eigenvalue weighted by molar-refractivity contribution is 14.1. The summed E-state index contributed by atoms with van der Waals surface area (Å²) < 4.78 is 13.3. The number of amides is 1. The lowest BCUT2D eigenvalue weighted by Gasteiger charge is -2.28. The summed E-state index contributed by atoms with van der Waals surface area (Å²) in [4.78, 5) is 13.1. The van der Waals surface area contributed by atoms with Gasteiger partial charge in [-0.2, -0.15) is 4.39 Å². The smallest absolute Gasteiger partial charge is 0.268 e. The van der Waals surface area contributed by atoms with Crippen LogP contribution in [-0.2, 0) is 5.41 Å². The van der Waals surface area contributed by atoms with Crippen molar-refractivity contribution in [2.75, 3.05) is 4.31 Å². The van der Waals surface area contributed by atoms with E-state index in [1.54, 1.807) is 18.2 Å². The summed E-state index contributed by atoms with van der Waals surface area (Å²) in [5.41, 5.74) is 1.96. The SMILES string of the molecule is CCC(C)(C)c1cccc(N(SC(F)(Cl)Cl)C(=O)c2ccccc2I)c1. The van der Waals surface area contributed by atoms with Gasteiger partial charge >= 0.3 is 3.92 Å². The number of hydrogen-bond donors (Lipinski definition) is 0. The molecule has 140 valence electrons. The zero-order valence-electron chi connectivity index (χ0n) is 14.6. The van der Waals surface area contributed by atoms with Crippen molar-refractivity contribution in [2.24, 2.45) is 0 Å². The Bertz CT molecular complexity index is 795. The lowest BCUT2D eigenvalue weighted by molar-refractivity contribution is 0.101. The zero-order chi connectivity index (χ0) is 19.5. The minimum atomic E-state index is -2.63. The number of hydrogen-bond acceptors (Lipinski definition) is 2. The fraction of sp³-hybridized carbons (Fsp3) is 0.316. The molecule has 0 aliphatic rings. The fourth-order valence-corrected chi connectivity index (χ4v) is 3.96. The molecular weight excluding hydrogens is 507 g/mol. The highest BCUT2D eigenvalue weighted by Crippen LogP contribution is 2.42. The van der Waals surface area contributed by atoms with Crippen LogP contribution in [0.2, 0.25) is 0 Å². The molecule has 2 aromatic carbocycles. The van der Waals surface area contributed by atoms with E-state index >= 15 is 0 Å². The molecule has 0 spiro atoms. The highest BCUT2D eigenvalue weighted by Gasteiger charge is 2.33. The van der Waals surface area contributed by atoms with Crippen LogP contribution in [-0.4, -0.2) is 9.83 Å². The summed E-state index contributed by atoms with van der Waals surface area (Å²) in [7, 11) is 0. The number of rotatable bonds is 6. The van der Waals surface area contributed by atoms with Gasteiger partial charge in [-0.1, -0.05) is 68.2 Å². The maximum atomic E-state index is 14.0. The maximum absolute atomic E-state index is 14.0. The van der Waals surface area contributed by atoms with Gasteiger partial charge in [0.05, 0.1) is 11.3 Å². The summed E-state index contributed by atoms with van der Waals surface area (Å²) >= 11 is 13.7. The first-order valence-corrected chi connectivity index (χ1v) is 10.6. The van der Waals surface area contributed by atoms with E-state index in [9.17, 15) is 9.18 Å². The van der Waals surface area contributed by atoms with Crippen LogP contribution in [0.4, 0.5) is 10.1 Å². The molecule has 1 amide bonds. The molecular formula is C19H19Cl2FINOS. The Morgan fingerprint density at radius 3 is 2.42 bits per heavy atom. The van der Waals surface area contributed by atoms with E-state index in [0.717, 1.165) is 15.6 Å². The number of nitrogens with zero attached hydrogens (tertiary/aromatic N) is 1. The predicted molar refractivity (Wildman–Crippen MR) is 119 cm³/mol. The van der Waals surface area contributed by atoms with Crippen LogP contribution >= 0.6 is 57.7 Å². The molecule has 0 saturated carbocycles. The van der Waals surface area contributed by atoms with E-state index in [1.165, 1.54) is 4.31 Å². The van der Waals surface area contributed by atoms with E-state index < -0.39 is 3.92 Å². The lowest BCUT2D eigenvalue weighted by atomic mass is 9.82. The van der Waals surface area contributed by atoms with Gasteiger partial charge < -0.3 is 0 Å². The molecule has 0 bridgehead atoms. The molecule has 2 aromatic rings. The third-order valence-electron chi connectivity index (χ3n) is 4.23. The molecule has 2 rings (SSSR count). The Labute approximate surface area is 181 Å². The second-order valence-electron chi connectivity index (χ2n) is 6.40. The average Bonchev–Trinajstić information content (AvgIpc) is 2.59. The van der Waals surface area contributed by atoms with Crippen LogP contribution in [0.25, 0.3) is 0 Å². The molecule has 0 N–H and O–H groups in total. The standard InChI is InChI=1S/C19H19Cl2FINOS/c1-4-18(2,3)13-8-7-9-14(12-13)24(26-19(20,21)22)17(25)15-10-5-6-11-16(15)23/h5-12H,4H2,1-3H3. The van der Waals surface area contributed by atoms with Crippen LogP contribution < -0.4 is 4.31 Å². The fourth-order valence-electron chi connectivity index (χ4n) is 2.32. The molecule has 0 fully saturated rings. The minimum Gasteiger partial charge on any atom is -0.268 e.